The van der Waals surface area contributed by atoms with E-state index in [1.807, 2.05) is 37.3 Å². The maximum atomic E-state index is 11.8. The summed E-state index contributed by atoms with van der Waals surface area (Å²) in [5, 5.41) is 5.58. The van der Waals surface area contributed by atoms with Gasteiger partial charge in [0.25, 0.3) is 0 Å². The first-order valence-electron chi connectivity index (χ1n) is 6.65. The van der Waals surface area contributed by atoms with Gasteiger partial charge in [-0.05, 0) is 18.4 Å². The second kappa shape index (κ2) is 8.29. The highest BCUT2D eigenvalue weighted by molar-refractivity contribution is 5.78. The highest BCUT2D eigenvalue weighted by Crippen LogP contribution is 2.07. The Morgan fingerprint density at radius 3 is 2.37 bits per heavy atom. The SMILES string of the molecule is CC(=O)NCCCNC(=O)C(C)Cc1ccccc1. The van der Waals surface area contributed by atoms with Crippen LogP contribution in [-0.4, -0.2) is 24.9 Å². The van der Waals surface area contributed by atoms with Gasteiger partial charge < -0.3 is 10.6 Å². The molecule has 0 saturated carbocycles. The summed E-state index contributed by atoms with van der Waals surface area (Å²) in [5.41, 5.74) is 1.17. The van der Waals surface area contributed by atoms with Crippen LogP contribution in [0, 0.1) is 5.92 Å². The molecule has 19 heavy (non-hydrogen) atoms. The third-order valence-electron chi connectivity index (χ3n) is 2.86. The molecule has 0 aliphatic carbocycles. The molecule has 1 aromatic carbocycles. The maximum Gasteiger partial charge on any atom is 0.223 e. The highest BCUT2D eigenvalue weighted by atomic mass is 16.2. The first-order valence-corrected chi connectivity index (χ1v) is 6.65. The number of hydrogen-bond donors (Lipinski definition) is 2. The van der Waals surface area contributed by atoms with Crippen LogP contribution in [-0.2, 0) is 16.0 Å². The molecule has 0 heterocycles. The number of rotatable bonds is 7. The van der Waals surface area contributed by atoms with Crippen molar-refractivity contribution in [3.8, 4) is 0 Å². The number of carbonyl (C=O) groups excluding carboxylic acids is 2. The average molecular weight is 262 g/mol. The van der Waals surface area contributed by atoms with Crippen molar-refractivity contribution in [2.24, 2.45) is 5.92 Å². The maximum absolute atomic E-state index is 11.8. The summed E-state index contributed by atoms with van der Waals surface area (Å²) >= 11 is 0. The van der Waals surface area contributed by atoms with Crippen molar-refractivity contribution in [2.45, 2.75) is 26.7 Å². The van der Waals surface area contributed by atoms with Gasteiger partial charge in [-0.25, -0.2) is 0 Å². The molecular weight excluding hydrogens is 240 g/mol. The van der Waals surface area contributed by atoms with Crippen LogP contribution in [0.2, 0.25) is 0 Å². The summed E-state index contributed by atoms with van der Waals surface area (Å²) in [6, 6.07) is 9.98. The lowest BCUT2D eigenvalue weighted by Gasteiger charge is -2.12. The number of hydrogen-bond acceptors (Lipinski definition) is 2. The zero-order valence-electron chi connectivity index (χ0n) is 11.6. The fourth-order valence-corrected chi connectivity index (χ4v) is 1.80. The van der Waals surface area contributed by atoms with Crippen molar-refractivity contribution in [3.63, 3.8) is 0 Å². The number of nitrogens with one attached hydrogen (secondary N) is 2. The minimum absolute atomic E-state index is 0.0382. The van der Waals surface area contributed by atoms with Crippen LogP contribution in [0.15, 0.2) is 30.3 Å². The second-order valence-electron chi connectivity index (χ2n) is 4.72. The van der Waals surface area contributed by atoms with E-state index in [2.05, 4.69) is 10.6 Å². The molecule has 1 unspecified atom stereocenters. The standard InChI is InChI=1S/C15H22N2O2/c1-12(11-14-7-4-3-5-8-14)15(19)17-10-6-9-16-13(2)18/h3-5,7-8,12H,6,9-11H2,1-2H3,(H,16,18)(H,17,19). The lowest BCUT2D eigenvalue weighted by atomic mass is 10.0. The van der Waals surface area contributed by atoms with E-state index < -0.39 is 0 Å². The molecule has 0 aliphatic rings. The summed E-state index contributed by atoms with van der Waals surface area (Å²) in [4.78, 5) is 22.5. The summed E-state index contributed by atoms with van der Waals surface area (Å²) in [7, 11) is 0. The molecule has 0 aliphatic heterocycles. The van der Waals surface area contributed by atoms with Crippen LogP contribution in [0.25, 0.3) is 0 Å². The van der Waals surface area contributed by atoms with Gasteiger partial charge in [-0.3, -0.25) is 9.59 Å². The Bertz CT molecular complexity index is 404. The zero-order chi connectivity index (χ0) is 14.1. The van der Waals surface area contributed by atoms with E-state index in [0.717, 1.165) is 12.8 Å². The molecule has 2 amide bonds. The second-order valence-corrected chi connectivity index (χ2v) is 4.72. The lowest BCUT2D eigenvalue weighted by molar-refractivity contribution is -0.124. The molecule has 1 atom stereocenters. The minimum Gasteiger partial charge on any atom is -0.356 e. The van der Waals surface area contributed by atoms with Crippen molar-refractivity contribution < 1.29 is 9.59 Å². The normalized spacial score (nSPS) is 11.7. The van der Waals surface area contributed by atoms with Crippen LogP contribution < -0.4 is 10.6 Å². The van der Waals surface area contributed by atoms with Crippen molar-refractivity contribution in [3.05, 3.63) is 35.9 Å². The quantitative estimate of drug-likeness (QED) is 0.732. The van der Waals surface area contributed by atoms with E-state index in [1.165, 1.54) is 12.5 Å². The van der Waals surface area contributed by atoms with Gasteiger partial charge in [0.1, 0.15) is 0 Å². The van der Waals surface area contributed by atoms with Gasteiger partial charge in [-0.2, -0.15) is 0 Å². The predicted octanol–water partition coefficient (Wildman–Crippen LogP) is 1.51. The fraction of sp³-hybridized carbons (Fsp3) is 0.467. The third kappa shape index (κ3) is 6.60. The van der Waals surface area contributed by atoms with Gasteiger partial charge in [0.2, 0.25) is 11.8 Å². The zero-order valence-corrected chi connectivity index (χ0v) is 11.6. The van der Waals surface area contributed by atoms with Crippen molar-refractivity contribution in [1.29, 1.82) is 0 Å². The fourth-order valence-electron chi connectivity index (χ4n) is 1.80. The Hall–Kier alpha value is -1.84. The molecule has 0 aromatic heterocycles. The van der Waals surface area contributed by atoms with Crippen LogP contribution in [0.4, 0.5) is 0 Å². The van der Waals surface area contributed by atoms with E-state index in [0.29, 0.717) is 13.1 Å². The van der Waals surface area contributed by atoms with Gasteiger partial charge in [0.05, 0.1) is 0 Å². The van der Waals surface area contributed by atoms with E-state index in [9.17, 15) is 9.59 Å². The van der Waals surface area contributed by atoms with E-state index in [4.69, 9.17) is 0 Å². The third-order valence-corrected chi connectivity index (χ3v) is 2.86. The van der Waals surface area contributed by atoms with E-state index in [-0.39, 0.29) is 17.7 Å². The summed E-state index contributed by atoms with van der Waals surface area (Å²) in [6.07, 6.45) is 1.50. The van der Waals surface area contributed by atoms with Crippen molar-refractivity contribution >= 4 is 11.8 Å². The number of benzene rings is 1. The lowest BCUT2D eigenvalue weighted by Crippen LogP contribution is -2.33. The molecule has 0 bridgehead atoms. The topological polar surface area (TPSA) is 58.2 Å². The van der Waals surface area contributed by atoms with Crippen LogP contribution >= 0.6 is 0 Å². The van der Waals surface area contributed by atoms with Gasteiger partial charge >= 0.3 is 0 Å². The Morgan fingerprint density at radius 2 is 1.74 bits per heavy atom. The molecule has 0 spiro atoms. The smallest absolute Gasteiger partial charge is 0.223 e. The molecular formula is C15H22N2O2. The summed E-state index contributed by atoms with van der Waals surface area (Å²) in [6.45, 7) is 4.61. The molecule has 4 heteroatoms. The molecule has 104 valence electrons. The Balaban J connectivity index is 2.20. The largest absolute Gasteiger partial charge is 0.356 e. The van der Waals surface area contributed by atoms with E-state index in [1.54, 1.807) is 0 Å². The minimum atomic E-state index is -0.0387. The molecule has 4 nitrogen and oxygen atoms in total. The summed E-state index contributed by atoms with van der Waals surface area (Å²) in [5.74, 6) is -0.0152. The predicted molar refractivity (Wildman–Crippen MR) is 75.6 cm³/mol. The first-order chi connectivity index (χ1) is 9.09. The van der Waals surface area contributed by atoms with Gasteiger partial charge in [-0.15, -0.1) is 0 Å². The molecule has 1 rings (SSSR count). The highest BCUT2D eigenvalue weighted by Gasteiger charge is 2.12. The van der Waals surface area contributed by atoms with Gasteiger partial charge in [0, 0.05) is 25.9 Å². The molecule has 2 N–H and O–H groups in total. The van der Waals surface area contributed by atoms with Gasteiger partial charge in [-0.1, -0.05) is 37.3 Å². The van der Waals surface area contributed by atoms with Crippen molar-refractivity contribution in [2.75, 3.05) is 13.1 Å². The monoisotopic (exact) mass is 262 g/mol. The van der Waals surface area contributed by atoms with Crippen molar-refractivity contribution in [1.82, 2.24) is 10.6 Å². The Labute approximate surface area is 114 Å². The first kappa shape index (κ1) is 15.2. The van der Waals surface area contributed by atoms with E-state index >= 15 is 0 Å². The Kier molecular flexibility index (Phi) is 6.64. The molecule has 1 aromatic rings. The molecule has 0 fully saturated rings. The average Bonchev–Trinajstić information content (AvgIpc) is 2.38. The molecule has 0 saturated heterocycles. The Morgan fingerprint density at radius 1 is 1.11 bits per heavy atom. The number of carbonyl (C=O) groups is 2. The van der Waals surface area contributed by atoms with Crippen LogP contribution in [0.1, 0.15) is 25.8 Å². The molecule has 0 radical (unpaired) electrons. The number of amides is 2. The van der Waals surface area contributed by atoms with Crippen LogP contribution in [0.3, 0.4) is 0 Å². The summed E-state index contributed by atoms with van der Waals surface area (Å²) < 4.78 is 0. The van der Waals surface area contributed by atoms with Gasteiger partial charge in [0.15, 0.2) is 0 Å². The van der Waals surface area contributed by atoms with Crippen LogP contribution in [0.5, 0.6) is 0 Å².